The van der Waals surface area contributed by atoms with Crippen LogP contribution < -0.4 is 16.2 Å². The zero-order chi connectivity index (χ0) is 9.14. The van der Waals surface area contributed by atoms with E-state index in [1.54, 1.807) is 12.1 Å². The highest BCUT2D eigenvalue weighted by Crippen LogP contribution is 2.16. The van der Waals surface area contributed by atoms with Gasteiger partial charge in [-0.25, -0.2) is 0 Å². The average Bonchev–Trinajstić information content (AvgIpc) is 1.96. The van der Waals surface area contributed by atoms with E-state index in [0.29, 0.717) is 17.4 Å². The highest BCUT2D eigenvalue weighted by atomic mass is 16.5. The molecule has 4 heteroatoms. The van der Waals surface area contributed by atoms with Crippen molar-refractivity contribution in [1.29, 1.82) is 0 Å². The molecule has 1 heterocycles. The van der Waals surface area contributed by atoms with Crippen LogP contribution in [0.15, 0.2) is 12.1 Å². The van der Waals surface area contributed by atoms with Crippen LogP contribution in [0, 0.1) is 0 Å². The van der Waals surface area contributed by atoms with E-state index in [-0.39, 0.29) is 6.10 Å². The maximum Gasteiger partial charge on any atom is 0.215 e. The van der Waals surface area contributed by atoms with E-state index in [9.17, 15) is 0 Å². The number of ether oxygens (including phenoxy) is 1. The minimum absolute atomic E-state index is 0.0977. The standard InChI is InChI=1S/C8H13N3O/c1-5(2)12-7-4-3-6(9)8(10)11-7/h3-5H,9H2,1-2H3,(H2,10,11). The summed E-state index contributed by atoms with van der Waals surface area (Å²) in [4.78, 5) is 3.94. The van der Waals surface area contributed by atoms with Gasteiger partial charge >= 0.3 is 0 Å². The molecule has 4 nitrogen and oxygen atoms in total. The number of nitrogens with zero attached hydrogens (tertiary/aromatic N) is 1. The molecule has 4 N–H and O–H groups in total. The zero-order valence-corrected chi connectivity index (χ0v) is 7.24. The minimum atomic E-state index is 0.0977. The zero-order valence-electron chi connectivity index (χ0n) is 7.24. The molecule has 0 aliphatic heterocycles. The van der Waals surface area contributed by atoms with Gasteiger partial charge in [-0.1, -0.05) is 0 Å². The lowest BCUT2D eigenvalue weighted by Gasteiger charge is -2.09. The number of hydrogen-bond acceptors (Lipinski definition) is 4. The summed E-state index contributed by atoms with van der Waals surface area (Å²) in [5.41, 5.74) is 11.4. The Hall–Kier alpha value is -1.45. The Balaban J connectivity index is 2.82. The van der Waals surface area contributed by atoms with Crippen molar-refractivity contribution in [3.05, 3.63) is 12.1 Å². The van der Waals surface area contributed by atoms with Crippen molar-refractivity contribution in [2.24, 2.45) is 0 Å². The van der Waals surface area contributed by atoms with Gasteiger partial charge in [0.2, 0.25) is 5.88 Å². The molecule has 1 rings (SSSR count). The molecule has 0 unspecified atom stereocenters. The Bertz CT molecular complexity index is 273. The highest BCUT2D eigenvalue weighted by Gasteiger charge is 2.01. The van der Waals surface area contributed by atoms with Crippen LogP contribution in [0.2, 0.25) is 0 Å². The molecule has 0 saturated carbocycles. The van der Waals surface area contributed by atoms with Crippen LogP contribution in [0.25, 0.3) is 0 Å². The van der Waals surface area contributed by atoms with Crippen molar-refractivity contribution in [3.63, 3.8) is 0 Å². The van der Waals surface area contributed by atoms with Gasteiger partial charge in [-0.2, -0.15) is 4.98 Å². The van der Waals surface area contributed by atoms with Gasteiger partial charge in [-0.3, -0.25) is 0 Å². The molecule has 0 atom stereocenters. The quantitative estimate of drug-likeness (QED) is 0.690. The van der Waals surface area contributed by atoms with Crippen molar-refractivity contribution in [1.82, 2.24) is 4.98 Å². The van der Waals surface area contributed by atoms with E-state index in [2.05, 4.69) is 4.98 Å². The molecule has 12 heavy (non-hydrogen) atoms. The topological polar surface area (TPSA) is 74.2 Å². The molecule has 0 aliphatic rings. The number of pyridine rings is 1. The smallest absolute Gasteiger partial charge is 0.215 e. The maximum absolute atomic E-state index is 5.48. The van der Waals surface area contributed by atoms with E-state index >= 15 is 0 Å². The molecule has 0 spiro atoms. The Labute approximate surface area is 71.5 Å². The van der Waals surface area contributed by atoms with Crippen LogP contribution >= 0.6 is 0 Å². The van der Waals surface area contributed by atoms with Gasteiger partial charge < -0.3 is 16.2 Å². The minimum Gasteiger partial charge on any atom is -0.475 e. The second-order valence-corrected chi connectivity index (χ2v) is 2.79. The van der Waals surface area contributed by atoms with E-state index in [1.807, 2.05) is 13.8 Å². The third-order valence-corrected chi connectivity index (χ3v) is 1.29. The molecule has 0 amide bonds. The summed E-state index contributed by atoms with van der Waals surface area (Å²) in [6, 6.07) is 3.38. The average molecular weight is 167 g/mol. The molecule has 0 saturated heterocycles. The lowest BCUT2D eigenvalue weighted by molar-refractivity contribution is 0.233. The summed E-state index contributed by atoms with van der Waals surface area (Å²) in [6.07, 6.45) is 0.0977. The summed E-state index contributed by atoms with van der Waals surface area (Å²) in [5, 5.41) is 0. The molecule has 0 radical (unpaired) electrons. The fourth-order valence-electron chi connectivity index (χ4n) is 0.774. The predicted octanol–water partition coefficient (Wildman–Crippen LogP) is 1.03. The first-order valence-corrected chi connectivity index (χ1v) is 3.78. The van der Waals surface area contributed by atoms with Gasteiger partial charge in [0.1, 0.15) is 0 Å². The Morgan fingerprint density at radius 1 is 1.33 bits per heavy atom. The third kappa shape index (κ3) is 2.02. The molecule has 1 aromatic heterocycles. The summed E-state index contributed by atoms with van der Waals surface area (Å²) in [6.45, 7) is 3.85. The number of nitrogen functional groups attached to an aromatic ring is 2. The second kappa shape index (κ2) is 3.30. The van der Waals surface area contributed by atoms with Gasteiger partial charge in [0.25, 0.3) is 0 Å². The van der Waals surface area contributed by atoms with Crippen molar-refractivity contribution >= 4 is 11.5 Å². The lowest BCUT2D eigenvalue weighted by Crippen LogP contribution is -2.08. The van der Waals surface area contributed by atoms with Crippen LogP contribution in [0.4, 0.5) is 11.5 Å². The van der Waals surface area contributed by atoms with Crippen LogP contribution in [-0.2, 0) is 0 Å². The maximum atomic E-state index is 5.48. The second-order valence-electron chi connectivity index (χ2n) is 2.79. The third-order valence-electron chi connectivity index (χ3n) is 1.29. The Morgan fingerprint density at radius 2 is 2.00 bits per heavy atom. The number of aromatic nitrogens is 1. The first-order valence-electron chi connectivity index (χ1n) is 3.78. The molecule has 1 aromatic rings. The summed E-state index contributed by atoms with van der Waals surface area (Å²) in [7, 11) is 0. The van der Waals surface area contributed by atoms with Crippen molar-refractivity contribution in [2.45, 2.75) is 20.0 Å². The van der Waals surface area contributed by atoms with Crippen LogP contribution in [0.3, 0.4) is 0 Å². The van der Waals surface area contributed by atoms with Crippen molar-refractivity contribution in [2.75, 3.05) is 11.5 Å². The van der Waals surface area contributed by atoms with Gasteiger partial charge in [0.05, 0.1) is 11.8 Å². The largest absolute Gasteiger partial charge is 0.475 e. The molecular weight excluding hydrogens is 154 g/mol. The summed E-state index contributed by atoms with van der Waals surface area (Å²) in [5.74, 6) is 0.824. The molecule has 66 valence electrons. The van der Waals surface area contributed by atoms with Crippen LogP contribution in [0.1, 0.15) is 13.8 Å². The summed E-state index contributed by atoms with van der Waals surface area (Å²) < 4.78 is 5.30. The van der Waals surface area contributed by atoms with Crippen LogP contribution in [-0.4, -0.2) is 11.1 Å². The Morgan fingerprint density at radius 3 is 2.50 bits per heavy atom. The van der Waals surface area contributed by atoms with Gasteiger partial charge in [-0.05, 0) is 19.9 Å². The van der Waals surface area contributed by atoms with Crippen molar-refractivity contribution < 1.29 is 4.74 Å². The van der Waals surface area contributed by atoms with E-state index in [1.165, 1.54) is 0 Å². The first kappa shape index (κ1) is 8.64. The fourth-order valence-corrected chi connectivity index (χ4v) is 0.774. The van der Waals surface area contributed by atoms with Crippen molar-refractivity contribution in [3.8, 4) is 5.88 Å². The lowest BCUT2D eigenvalue weighted by atomic mass is 10.4. The Kier molecular flexibility index (Phi) is 2.38. The van der Waals surface area contributed by atoms with E-state index < -0.39 is 0 Å². The van der Waals surface area contributed by atoms with Gasteiger partial charge in [-0.15, -0.1) is 0 Å². The highest BCUT2D eigenvalue weighted by molar-refractivity contribution is 5.58. The van der Waals surface area contributed by atoms with Crippen LogP contribution in [0.5, 0.6) is 5.88 Å². The van der Waals surface area contributed by atoms with Gasteiger partial charge in [0.15, 0.2) is 5.82 Å². The normalized spacial score (nSPS) is 10.2. The van der Waals surface area contributed by atoms with Gasteiger partial charge in [0, 0.05) is 6.07 Å². The number of hydrogen-bond donors (Lipinski definition) is 2. The molecule has 0 aliphatic carbocycles. The SMILES string of the molecule is CC(C)Oc1ccc(N)c(N)n1. The molecule has 0 bridgehead atoms. The monoisotopic (exact) mass is 167 g/mol. The predicted molar refractivity (Wildman–Crippen MR) is 48.8 cm³/mol. The first-order chi connectivity index (χ1) is 5.59. The number of nitrogens with two attached hydrogens (primary N) is 2. The molecule has 0 aromatic carbocycles. The molecular formula is C8H13N3O. The fraction of sp³-hybridized carbons (Fsp3) is 0.375. The van der Waals surface area contributed by atoms with E-state index in [0.717, 1.165) is 0 Å². The number of rotatable bonds is 2. The summed E-state index contributed by atoms with van der Waals surface area (Å²) >= 11 is 0. The number of anilines is 2. The molecule has 0 fully saturated rings. The van der Waals surface area contributed by atoms with E-state index in [4.69, 9.17) is 16.2 Å².